The maximum Gasteiger partial charge on any atom is 0.119 e. The van der Waals surface area contributed by atoms with Crippen molar-refractivity contribution in [2.24, 2.45) is 5.92 Å². The zero-order valence-corrected chi connectivity index (χ0v) is 20.9. The van der Waals surface area contributed by atoms with Crippen LogP contribution in [0, 0.1) is 5.92 Å². The summed E-state index contributed by atoms with van der Waals surface area (Å²) in [6, 6.07) is 29.9. The van der Waals surface area contributed by atoms with Crippen LogP contribution < -0.4 is 4.74 Å². The van der Waals surface area contributed by atoms with E-state index < -0.39 is 0 Å². The number of piperidine rings is 1. The lowest BCUT2D eigenvalue weighted by Gasteiger charge is -2.60. The average Bonchev–Trinajstić information content (AvgIpc) is 2.92. The molecule has 0 radical (unpaired) electrons. The van der Waals surface area contributed by atoms with E-state index in [9.17, 15) is 0 Å². The summed E-state index contributed by atoms with van der Waals surface area (Å²) in [6.07, 6.45) is 13.6. The Balaban J connectivity index is 1.36. The van der Waals surface area contributed by atoms with Crippen molar-refractivity contribution < 1.29 is 4.74 Å². The SMILES string of the molecule is COc1ccc2c(c1)[C@@]13CCCC[C@H]1[C@@H](C2)N(C(CC=Cc1ccccc1)c1ccccc1)CC3. The predicted octanol–water partition coefficient (Wildman–Crippen LogP) is 7.60. The van der Waals surface area contributed by atoms with E-state index in [1.807, 2.05) is 0 Å². The summed E-state index contributed by atoms with van der Waals surface area (Å²) in [6.45, 7) is 1.18. The van der Waals surface area contributed by atoms with E-state index in [-0.39, 0.29) is 0 Å². The molecule has 1 saturated carbocycles. The number of methoxy groups -OCH3 is 1. The lowest BCUT2D eigenvalue weighted by molar-refractivity contribution is -0.0340. The molecule has 180 valence electrons. The maximum atomic E-state index is 5.67. The molecular formula is C33H37NO. The molecule has 1 saturated heterocycles. The van der Waals surface area contributed by atoms with Gasteiger partial charge in [-0.25, -0.2) is 0 Å². The number of ether oxygens (including phenoxy) is 1. The molecule has 0 spiro atoms. The number of rotatable bonds is 6. The van der Waals surface area contributed by atoms with Gasteiger partial charge in [0.15, 0.2) is 0 Å². The second kappa shape index (κ2) is 9.66. The molecule has 2 nitrogen and oxygen atoms in total. The minimum atomic E-state index is 0.336. The van der Waals surface area contributed by atoms with Crippen LogP contribution >= 0.6 is 0 Å². The zero-order chi connectivity index (χ0) is 23.7. The van der Waals surface area contributed by atoms with Gasteiger partial charge in [0.1, 0.15) is 5.75 Å². The Bertz CT molecular complexity index is 1170. The summed E-state index contributed by atoms with van der Waals surface area (Å²) in [5.41, 5.74) is 6.24. The molecule has 2 aliphatic carbocycles. The first-order valence-electron chi connectivity index (χ1n) is 13.5. The van der Waals surface area contributed by atoms with Gasteiger partial charge in [0.05, 0.1) is 7.11 Å². The quantitative estimate of drug-likeness (QED) is 0.373. The molecule has 3 aliphatic rings. The first kappa shape index (κ1) is 22.6. The fraction of sp³-hybridized carbons (Fsp3) is 0.394. The number of hydrogen-bond donors (Lipinski definition) is 0. The molecular weight excluding hydrogens is 426 g/mol. The van der Waals surface area contributed by atoms with E-state index in [4.69, 9.17) is 4.74 Å². The minimum absolute atomic E-state index is 0.336. The van der Waals surface area contributed by atoms with Crippen molar-refractivity contribution in [2.75, 3.05) is 13.7 Å². The fourth-order valence-electron chi connectivity index (χ4n) is 7.56. The van der Waals surface area contributed by atoms with Crippen LogP contribution in [0.3, 0.4) is 0 Å². The van der Waals surface area contributed by atoms with Crippen LogP contribution in [0.4, 0.5) is 0 Å². The van der Waals surface area contributed by atoms with Gasteiger partial charge in [-0.05, 0) is 79.0 Å². The molecule has 2 fully saturated rings. The Kier molecular flexibility index (Phi) is 6.24. The zero-order valence-electron chi connectivity index (χ0n) is 20.9. The summed E-state index contributed by atoms with van der Waals surface area (Å²) in [4.78, 5) is 2.89. The van der Waals surface area contributed by atoms with E-state index in [2.05, 4.69) is 95.9 Å². The summed E-state index contributed by atoms with van der Waals surface area (Å²) >= 11 is 0. The normalized spacial score (nSPS) is 26.7. The van der Waals surface area contributed by atoms with Crippen LogP contribution in [0.25, 0.3) is 6.08 Å². The second-order valence-electron chi connectivity index (χ2n) is 10.8. The average molecular weight is 464 g/mol. The summed E-state index contributed by atoms with van der Waals surface area (Å²) in [7, 11) is 1.80. The van der Waals surface area contributed by atoms with Crippen molar-refractivity contribution in [3.8, 4) is 5.75 Å². The molecule has 1 unspecified atom stereocenters. The van der Waals surface area contributed by atoms with Crippen LogP contribution in [-0.2, 0) is 11.8 Å². The first-order valence-corrected chi connectivity index (χ1v) is 13.5. The third-order valence-electron chi connectivity index (χ3n) is 9.14. The monoisotopic (exact) mass is 463 g/mol. The lowest BCUT2D eigenvalue weighted by atomic mass is 9.52. The Labute approximate surface area is 210 Å². The van der Waals surface area contributed by atoms with Crippen LogP contribution in [-0.4, -0.2) is 24.6 Å². The predicted molar refractivity (Wildman–Crippen MR) is 145 cm³/mol. The van der Waals surface area contributed by atoms with Crippen molar-refractivity contribution in [3.63, 3.8) is 0 Å². The van der Waals surface area contributed by atoms with Crippen molar-refractivity contribution in [3.05, 3.63) is 107 Å². The molecule has 1 aliphatic heterocycles. The van der Waals surface area contributed by atoms with E-state index in [0.717, 1.165) is 24.5 Å². The van der Waals surface area contributed by atoms with Crippen LogP contribution in [0.1, 0.15) is 66.8 Å². The third kappa shape index (κ3) is 4.12. The molecule has 0 amide bonds. The van der Waals surface area contributed by atoms with Crippen molar-refractivity contribution in [1.82, 2.24) is 4.90 Å². The first-order chi connectivity index (χ1) is 17.3. The Morgan fingerprint density at radius 3 is 2.57 bits per heavy atom. The number of nitrogens with zero attached hydrogens (tertiary/aromatic N) is 1. The number of hydrogen-bond acceptors (Lipinski definition) is 2. The van der Waals surface area contributed by atoms with Gasteiger partial charge in [0.2, 0.25) is 0 Å². The van der Waals surface area contributed by atoms with Gasteiger partial charge in [-0.3, -0.25) is 4.90 Å². The molecule has 0 N–H and O–H groups in total. The van der Waals surface area contributed by atoms with Crippen LogP contribution in [0.5, 0.6) is 5.75 Å². The fourth-order valence-corrected chi connectivity index (χ4v) is 7.56. The molecule has 6 rings (SSSR count). The van der Waals surface area contributed by atoms with Gasteiger partial charge < -0.3 is 4.74 Å². The van der Waals surface area contributed by atoms with E-state index in [0.29, 0.717) is 17.5 Å². The number of fused-ring (bicyclic) bond motifs is 1. The molecule has 2 heteroatoms. The third-order valence-corrected chi connectivity index (χ3v) is 9.14. The van der Waals surface area contributed by atoms with Gasteiger partial charge in [-0.15, -0.1) is 0 Å². The number of benzene rings is 3. The maximum absolute atomic E-state index is 5.67. The largest absolute Gasteiger partial charge is 0.497 e. The molecule has 3 aromatic rings. The highest BCUT2D eigenvalue weighted by molar-refractivity contribution is 5.49. The highest BCUT2D eigenvalue weighted by atomic mass is 16.5. The highest BCUT2D eigenvalue weighted by Crippen LogP contribution is 2.57. The Hall–Kier alpha value is -2.84. The van der Waals surface area contributed by atoms with Crippen molar-refractivity contribution >= 4 is 6.08 Å². The highest BCUT2D eigenvalue weighted by Gasteiger charge is 2.54. The van der Waals surface area contributed by atoms with Gasteiger partial charge in [0, 0.05) is 17.5 Å². The molecule has 1 heterocycles. The van der Waals surface area contributed by atoms with E-state index in [1.54, 1.807) is 18.2 Å². The number of likely N-dealkylation sites (tertiary alicyclic amines) is 1. The molecule has 0 aromatic heterocycles. The minimum Gasteiger partial charge on any atom is -0.497 e. The standard InChI is InChI=1S/C33H37NO/c1-35-28-19-18-27-23-32-29-16-8-9-20-33(29,30(27)24-28)21-22-34(32)31(26-14-6-3-7-15-26)17-10-13-25-11-4-2-5-12-25/h2-7,10-15,18-19,24,29,31-32H,8-9,16-17,20-23H2,1H3/t29-,31?,32+,33+/m0/s1. The topological polar surface area (TPSA) is 12.5 Å². The van der Waals surface area contributed by atoms with Gasteiger partial charge in [-0.2, -0.15) is 0 Å². The van der Waals surface area contributed by atoms with E-state index in [1.165, 1.54) is 49.8 Å². The van der Waals surface area contributed by atoms with Gasteiger partial charge in [0.25, 0.3) is 0 Å². The van der Waals surface area contributed by atoms with Crippen molar-refractivity contribution in [1.29, 1.82) is 0 Å². The van der Waals surface area contributed by atoms with Crippen LogP contribution in [0.2, 0.25) is 0 Å². The Morgan fingerprint density at radius 2 is 1.77 bits per heavy atom. The summed E-state index contributed by atoms with van der Waals surface area (Å²) in [5, 5.41) is 0. The molecule has 3 aromatic carbocycles. The van der Waals surface area contributed by atoms with Crippen LogP contribution in [0.15, 0.2) is 84.9 Å². The summed E-state index contributed by atoms with van der Waals surface area (Å²) in [5.74, 6) is 1.77. The van der Waals surface area contributed by atoms with Gasteiger partial charge >= 0.3 is 0 Å². The Morgan fingerprint density at radius 1 is 0.971 bits per heavy atom. The second-order valence-corrected chi connectivity index (χ2v) is 10.8. The lowest BCUT2D eigenvalue weighted by Crippen LogP contribution is -2.61. The van der Waals surface area contributed by atoms with Gasteiger partial charge in [-0.1, -0.05) is 91.7 Å². The molecule has 35 heavy (non-hydrogen) atoms. The smallest absolute Gasteiger partial charge is 0.119 e. The molecule has 4 atom stereocenters. The van der Waals surface area contributed by atoms with E-state index >= 15 is 0 Å². The summed E-state index contributed by atoms with van der Waals surface area (Å²) < 4.78 is 5.67. The van der Waals surface area contributed by atoms with Crippen molar-refractivity contribution in [2.45, 2.75) is 62.4 Å². The molecule has 2 bridgehead atoms.